The number of nitrogens with zero attached hydrogens (tertiary/aromatic N) is 1. The minimum atomic E-state index is -0.616. The smallest absolute Gasteiger partial charge is 0.338 e. The Hall–Kier alpha value is -2.28. The lowest BCUT2D eigenvalue weighted by molar-refractivity contribution is -0.114. The topological polar surface area (TPSA) is 68.3 Å². The molecule has 0 fully saturated rings. The second kappa shape index (κ2) is 6.45. The Morgan fingerprint density at radius 1 is 1.43 bits per heavy atom. The van der Waals surface area contributed by atoms with Crippen molar-refractivity contribution >= 4 is 28.9 Å². The molecular weight excluding hydrogens is 295 g/mol. The number of esters is 1. The Kier molecular flexibility index (Phi) is 4.64. The molecule has 2 rings (SSSR count). The number of ether oxygens (including phenoxy) is 1. The Bertz CT molecular complexity index is 658. The second-order valence-electron chi connectivity index (χ2n) is 4.29. The summed E-state index contributed by atoms with van der Waals surface area (Å²) < 4.78 is 18.8. The summed E-state index contributed by atoms with van der Waals surface area (Å²) in [6, 6.07) is 3.65. The molecule has 5 nitrogen and oxygen atoms in total. The number of aromatic nitrogens is 1. The minimum Gasteiger partial charge on any atom is -0.452 e. The summed E-state index contributed by atoms with van der Waals surface area (Å²) in [5, 5.41) is 4.78. The van der Waals surface area contributed by atoms with Gasteiger partial charge in [-0.1, -0.05) is 0 Å². The van der Waals surface area contributed by atoms with E-state index < -0.39 is 23.8 Å². The molecule has 0 aliphatic heterocycles. The van der Waals surface area contributed by atoms with Crippen molar-refractivity contribution in [2.45, 2.75) is 20.0 Å². The van der Waals surface area contributed by atoms with Crippen LogP contribution < -0.4 is 5.32 Å². The van der Waals surface area contributed by atoms with E-state index in [1.807, 2.05) is 0 Å². The fourth-order valence-corrected chi connectivity index (χ4v) is 2.27. The van der Waals surface area contributed by atoms with Crippen LogP contribution >= 0.6 is 11.3 Å². The number of carbonyl (C=O) groups is 2. The molecule has 0 aliphatic carbocycles. The number of amides is 1. The minimum absolute atomic E-state index is 0.0566. The zero-order valence-electron chi connectivity index (χ0n) is 11.4. The first kappa shape index (κ1) is 15.1. The van der Waals surface area contributed by atoms with Gasteiger partial charge < -0.3 is 10.1 Å². The predicted octanol–water partition coefficient (Wildman–Crippen LogP) is 3.16. The van der Waals surface area contributed by atoms with Gasteiger partial charge in [-0.2, -0.15) is 0 Å². The summed E-state index contributed by atoms with van der Waals surface area (Å²) >= 11 is 1.38. The van der Waals surface area contributed by atoms with Crippen LogP contribution in [0.3, 0.4) is 0 Å². The Morgan fingerprint density at radius 3 is 2.81 bits per heavy atom. The summed E-state index contributed by atoms with van der Waals surface area (Å²) in [6.45, 7) is 2.96. The maximum atomic E-state index is 13.5. The molecule has 0 aliphatic rings. The monoisotopic (exact) mass is 308 g/mol. The van der Waals surface area contributed by atoms with E-state index >= 15 is 0 Å². The van der Waals surface area contributed by atoms with Crippen molar-refractivity contribution in [2.75, 3.05) is 5.32 Å². The number of hydrogen-bond acceptors (Lipinski definition) is 5. The van der Waals surface area contributed by atoms with Crippen LogP contribution in [0.15, 0.2) is 29.8 Å². The number of anilines is 1. The number of rotatable bonds is 4. The average molecular weight is 308 g/mol. The van der Waals surface area contributed by atoms with E-state index in [0.717, 1.165) is 6.07 Å². The molecule has 0 spiro atoms. The second-order valence-corrected chi connectivity index (χ2v) is 5.22. The van der Waals surface area contributed by atoms with Gasteiger partial charge in [0.1, 0.15) is 10.8 Å². The van der Waals surface area contributed by atoms with Crippen molar-refractivity contribution in [3.8, 4) is 0 Å². The molecular formula is C14H13FN2O3S. The van der Waals surface area contributed by atoms with Gasteiger partial charge in [-0.05, 0) is 25.1 Å². The van der Waals surface area contributed by atoms with E-state index in [1.165, 1.54) is 30.4 Å². The van der Waals surface area contributed by atoms with Crippen molar-refractivity contribution in [1.82, 2.24) is 4.98 Å². The number of halogens is 1. The van der Waals surface area contributed by atoms with Gasteiger partial charge in [0.2, 0.25) is 5.91 Å². The number of hydrogen-bond donors (Lipinski definition) is 1. The highest BCUT2D eigenvalue weighted by molar-refractivity contribution is 7.09. The van der Waals surface area contributed by atoms with Gasteiger partial charge in [-0.3, -0.25) is 4.79 Å². The highest BCUT2D eigenvalue weighted by Crippen LogP contribution is 2.22. The molecule has 1 N–H and O–H groups in total. The molecule has 1 amide bonds. The van der Waals surface area contributed by atoms with E-state index in [0.29, 0.717) is 5.01 Å². The van der Waals surface area contributed by atoms with Gasteiger partial charge in [-0.25, -0.2) is 14.2 Å². The third kappa shape index (κ3) is 3.85. The fraction of sp³-hybridized carbons (Fsp3) is 0.214. The number of nitrogens with one attached hydrogen (secondary N) is 1. The van der Waals surface area contributed by atoms with Gasteiger partial charge in [0.05, 0.1) is 11.3 Å². The van der Waals surface area contributed by atoms with Crippen molar-refractivity contribution in [3.05, 3.63) is 46.2 Å². The van der Waals surface area contributed by atoms with Gasteiger partial charge in [0.15, 0.2) is 6.10 Å². The number of carbonyl (C=O) groups excluding carboxylic acids is 2. The Morgan fingerprint density at radius 2 is 2.19 bits per heavy atom. The maximum absolute atomic E-state index is 13.5. The number of thiazole rings is 1. The van der Waals surface area contributed by atoms with Gasteiger partial charge in [0.25, 0.3) is 0 Å². The SMILES string of the molecule is CC(=O)Nc1cc(C(=O)OC(C)c2nccs2)ccc1F. The summed E-state index contributed by atoms with van der Waals surface area (Å²) in [6.07, 6.45) is 1.13. The zero-order valence-corrected chi connectivity index (χ0v) is 12.2. The van der Waals surface area contributed by atoms with Crippen LogP contribution in [0.4, 0.5) is 10.1 Å². The maximum Gasteiger partial charge on any atom is 0.338 e. The third-order valence-corrected chi connectivity index (χ3v) is 3.53. The standard InChI is InChI=1S/C14H13FN2O3S/c1-8(13-16-5-6-21-13)20-14(19)10-3-4-11(15)12(7-10)17-9(2)18/h3-8H,1-2H3,(H,17,18). The van der Waals surface area contributed by atoms with Crippen LogP contribution in [0.25, 0.3) is 0 Å². The lowest BCUT2D eigenvalue weighted by atomic mass is 10.2. The molecule has 0 saturated heterocycles. The van der Waals surface area contributed by atoms with E-state index in [1.54, 1.807) is 18.5 Å². The summed E-state index contributed by atoms with van der Waals surface area (Å²) in [7, 11) is 0. The van der Waals surface area contributed by atoms with E-state index in [2.05, 4.69) is 10.3 Å². The zero-order chi connectivity index (χ0) is 15.4. The summed E-state index contributed by atoms with van der Waals surface area (Å²) in [5.41, 5.74) is 0.0995. The third-order valence-electron chi connectivity index (χ3n) is 2.60. The van der Waals surface area contributed by atoms with E-state index in [-0.39, 0.29) is 11.3 Å². The lowest BCUT2D eigenvalue weighted by Gasteiger charge is -2.11. The molecule has 2 aromatic rings. The lowest BCUT2D eigenvalue weighted by Crippen LogP contribution is -2.12. The first-order valence-corrected chi connectivity index (χ1v) is 7.03. The molecule has 1 aromatic carbocycles. The van der Waals surface area contributed by atoms with Gasteiger partial charge in [-0.15, -0.1) is 11.3 Å². The van der Waals surface area contributed by atoms with E-state index in [9.17, 15) is 14.0 Å². The van der Waals surface area contributed by atoms with Gasteiger partial charge >= 0.3 is 5.97 Å². The highest BCUT2D eigenvalue weighted by atomic mass is 32.1. The molecule has 110 valence electrons. The molecule has 0 saturated carbocycles. The number of benzene rings is 1. The van der Waals surface area contributed by atoms with Crippen LogP contribution in [0.2, 0.25) is 0 Å². The van der Waals surface area contributed by atoms with Crippen LogP contribution in [-0.2, 0) is 9.53 Å². The predicted molar refractivity (Wildman–Crippen MR) is 76.6 cm³/mol. The van der Waals surface area contributed by atoms with Crippen molar-refractivity contribution < 1.29 is 18.7 Å². The molecule has 21 heavy (non-hydrogen) atoms. The molecule has 0 bridgehead atoms. The molecule has 1 aromatic heterocycles. The van der Waals surface area contributed by atoms with Crippen LogP contribution in [0, 0.1) is 5.82 Å². The van der Waals surface area contributed by atoms with Crippen LogP contribution in [-0.4, -0.2) is 16.9 Å². The Balaban J connectivity index is 2.14. The molecule has 1 heterocycles. The van der Waals surface area contributed by atoms with Crippen molar-refractivity contribution in [3.63, 3.8) is 0 Å². The van der Waals surface area contributed by atoms with Crippen molar-refractivity contribution in [2.24, 2.45) is 0 Å². The highest BCUT2D eigenvalue weighted by Gasteiger charge is 2.17. The quantitative estimate of drug-likeness (QED) is 0.881. The first-order chi connectivity index (χ1) is 9.97. The van der Waals surface area contributed by atoms with E-state index in [4.69, 9.17) is 4.74 Å². The molecule has 7 heteroatoms. The van der Waals surface area contributed by atoms with Crippen LogP contribution in [0.1, 0.15) is 35.3 Å². The molecule has 0 radical (unpaired) electrons. The Labute approximate surface area is 124 Å². The van der Waals surface area contributed by atoms with Crippen LogP contribution in [0.5, 0.6) is 0 Å². The summed E-state index contributed by atoms with van der Waals surface area (Å²) in [5.74, 6) is -1.64. The molecule has 1 atom stereocenters. The largest absolute Gasteiger partial charge is 0.452 e. The first-order valence-electron chi connectivity index (χ1n) is 6.15. The van der Waals surface area contributed by atoms with Crippen molar-refractivity contribution in [1.29, 1.82) is 0 Å². The molecule has 1 unspecified atom stereocenters. The average Bonchev–Trinajstić information content (AvgIpc) is 2.94. The normalized spacial score (nSPS) is 11.8. The fourth-order valence-electron chi connectivity index (χ4n) is 1.65. The summed E-state index contributed by atoms with van der Waals surface area (Å²) in [4.78, 5) is 27.1. The van der Waals surface area contributed by atoms with Gasteiger partial charge in [0, 0.05) is 18.5 Å².